The van der Waals surface area contributed by atoms with Crippen LogP contribution in [-0.4, -0.2) is 56.1 Å². The number of hydrogen-bond acceptors (Lipinski definition) is 4. The molecule has 0 aliphatic rings. The van der Waals surface area contributed by atoms with Crippen LogP contribution in [0.1, 0.15) is 39.7 Å². The van der Waals surface area contributed by atoms with Gasteiger partial charge in [-0.05, 0) is 67.2 Å². The molecule has 1 N–H and O–H groups in total. The Labute approximate surface area is 211 Å². The number of nitrogens with zero attached hydrogens (tertiary/aromatic N) is 2. The molecule has 0 spiro atoms. The Morgan fingerprint density at radius 2 is 1.62 bits per heavy atom. The fourth-order valence-corrected chi connectivity index (χ4v) is 5.08. The quantitative estimate of drug-likeness (QED) is 0.483. The first kappa shape index (κ1) is 27.9. The van der Waals surface area contributed by atoms with Gasteiger partial charge in [0.25, 0.3) is 0 Å². The standard InChI is InChI=1S/C25H34BrN3O4S/c1-6-21(24(31)27-25(2,3)4)28(17-16-19-12-8-7-9-13-19)23(30)18-29(34(5,32)33)22-15-11-10-14-20(22)26/h7-15,21H,6,16-18H2,1-5H3,(H,27,31)/t21-/m0/s1. The van der Waals surface area contributed by atoms with Gasteiger partial charge in [-0.15, -0.1) is 0 Å². The number of carbonyl (C=O) groups excluding carboxylic acids is 2. The van der Waals surface area contributed by atoms with Gasteiger partial charge in [0.2, 0.25) is 21.8 Å². The van der Waals surface area contributed by atoms with Crippen molar-refractivity contribution in [2.24, 2.45) is 0 Å². The zero-order chi connectivity index (χ0) is 25.5. The number of para-hydroxylation sites is 1. The Balaban J connectivity index is 2.39. The molecule has 0 aromatic heterocycles. The molecule has 0 unspecified atom stereocenters. The van der Waals surface area contributed by atoms with Gasteiger partial charge in [-0.1, -0.05) is 49.4 Å². The summed E-state index contributed by atoms with van der Waals surface area (Å²) in [5.74, 6) is -0.698. The van der Waals surface area contributed by atoms with Gasteiger partial charge in [-0.25, -0.2) is 8.42 Å². The molecule has 0 saturated carbocycles. The van der Waals surface area contributed by atoms with Crippen molar-refractivity contribution in [2.75, 3.05) is 23.7 Å². The van der Waals surface area contributed by atoms with Gasteiger partial charge < -0.3 is 10.2 Å². The van der Waals surface area contributed by atoms with E-state index >= 15 is 0 Å². The van der Waals surface area contributed by atoms with Gasteiger partial charge in [-0.3, -0.25) is 13.9 Å². The monoisotopic (exact) mass is 551 g/mol. The van der Waals surface area contributed by atoms with Crippen LogP contribution in [0.2, 0.25) is 0 Å². The highest BCUT2D eigenvalue weighted by molar-refractivity contribution is 9.10. The summed E-state index contributed by atoms with van der Waals surface area (Å²) in [5, 5.41) is 2.96. The van der Waals surface area contributed by atoms with Crippen molar-refractivity contribution in [3.05, 3.63) is 64.6 Å². The van der Waals surface area contributed by atoms with Gasteiger partial charge in [0.1, 0.15) is 12.6 Å². The zero-order valence-electron chi connectivity index (χ0n) is 20.4. The lowest BCUT2D eigenvalue weighted by Gasteiger charge is -2.34. The second kappa shape index (κ2) is 11.8. The van der Waals surface area contributed by atoms with Crippen molar-refractivity contribution in [1.29, 1.82) is 0 Å². The van der Waals surface area contributed by atoms with E-state index in [1.165, 1.54) is 4.90 Å². The molecule has 0 fully saturated rings. The van der Waals surface area contributed by atoms with E-state index in [1.807, 2.05) is 58.0 Å². The van der Waals surface area contributed by atoms with E-state index in [0.717, 1.165) is 16.1 Å². The smallest absolute Gasteiger partial charge is 0.244 e. The summed E-state index contributed by atoms with van der Waals surface area (Å²) < 4.78 is 26.9. The van der Waals surface area contributed by atoms with Gasteiger partial charge in [0, 0.05) is 16.6 Å². The molecule has 0 radical (unpaired) electrons. The predicted molar refractivity (Wildman–Crippen MR) is 140 cm³/mol. The number of anilines is 1. The van der Waals surface area contributed by atoms with Gasteiger partial charge in [0.05, 0.1) is 11.9 Å². The maximum absolute atomic E-state index is 13.6. The topological polar surface area (TPSA) is 86.8 Å². The zero-order valence-corrected chi connectivity index (χ0v) is 22.8. The lowest BCUT2D eigenvalue weighted by Crippen LogP contribution is -2.56. The van der Waals surface area contributed by atoms with Crippen LogP contribution >= 0.6 is 15.9 Å². The molecule has 0 bridgehead atoms. The predicted octanol–water partition coefficient (Wildman–Crippen LogP) is 3.98. The van der Waals surface area contributed by atoms with Gasteiger partial charge in [-0.2, -0.15) is 0 Å². The number of amides is 2. The molecule has 34 heavy (non-hydrogen) atoms. The summed E-state index contributed by atoms with van der Waals surface area (Å²) >= 11 is 3.38. The number of sulfonamides is 1. The number of halogens is 1. The van der Waals surface area contributed by atoms with E-state index in [0.29, 0.717) is 23.0 Å². The Kier molecular flexibility index (Phi) is 9.70. The molecule has 1 atom stereocenters. The summed E-state index contributed by atoms with van der Waals surface area (Å²) in [6, 6.07) is 15.8. The lowest BCUT2D eigenvalue weighted by molar-refractivity contribution is -0.140. The molecule has 0 heterocycles. The number of rotatable bonds is 10. The van der Waals surface area contributed by atoms with Crippen LogP contribution in [0.15, 0.2) is 59.1 Å². The minimum atomic E-state index is -3.76. The van der Waals surface area contributed by atoms with Crippen LogP contribution in [0.25, 0.3) is 0 Å². The summed E-state index contributed by atoms with van der Waals surface area (Å²) in [7, 11) is -3.76. The van der Waals surface area contributed by atoms with Crippen LogP contribution in [0.4, 0.5) is 5.69 Å². The lowest BCUT2D eigenvalue weighted by atomic mass is 10.1. The average Bonchev–Trinajstić information content (AvgIpc) is 2.74. The number of nitrogens with one attached hydrogen (secondary N) is 1. The van der Waals surface area contributed by atoms with Crippen LogP contribution in [0, 0.1) is 0 Å². The van der Waals surface area contributed by atoms with E-state index in [9.17, 15) is 18.0 Å². The average molecular weight is 553 g/mol. The summed E-state index contributed by atoms with van der Waals surface area (Å²) in [6.45, 7) is 7.37. The highest BCUT2D eigenvalue weighted by Gasteiger charge is 2.33. The molecule has 0 saturated heterocycles. The fourth-order valence-electron chi connectivity index (χ4n) is 3.60. The van der Waals surface area contributed by atoms with E-state index in [2.05, 4.69) is 21.2 Å². The van der Waals surface area contributed by atoms with Gasteiger partial charge in [0.15, 0.2) is 0 Å². The molecule has 0 aliphatic heterocycles. The number of carbonyl (C=O) groups is 2. The number of benzene rings is 2. The van der Waals surface area contributed by atoms with E-state index in [-0.39, 0.29) is 12.5 Å². The Hall–Kier alpha value is -2.39. The molecule has 2 rings (SSSR count). The SMILES string of the molecule is CC[C@@H](C(=O)NC(C)(C)C)N(CCc1ccccc1)C(=O)CN(c1ccccc1Br)S(C)(=O)=O. The molecule has 7 nitrogen and oxygen atoms in total. The first-order valence-corrected chi connectivity index (χ1v) is 13.8. The Morgan fingerprint density at radius 3 is 2.15 bits per heavy atom. The normalized spacial score (nSPS) is 12.6. The molecular weight excluding hydrogens is 518 g/mol. The molecule has 186 valence electrons. The first-order valence-electron chi connectivity index (χ1n) is 11.2. The van der Waals surface area contributed by atoms with Crippen LogP contribution in [-0.2, 0) is 26.0 Å². The van der Waals surface area contributed by atoms with Crippen LogP contribution < -0.4 is 9.62 Å². The second-order valence-corrected chi connectivity index (χ2v) is 12.0. The first-order chi connectivity index (χ1) is 15.8. The van der Waals surface area contributed by atoms with E-state index in [4.69, 9.17) is 0 Å². The molecular formula is C25H34BrN3O4S. The van der Waals surface area contributed by atoms with Crippen molar-refractivity contribution in [3.8, 4) is 0 Å². The minimum Gasteiger partial charge on any atom is -0.350 e. The fraction of sp³-hybridized carbons (Fsp3) is 0.440. The van der Waals surface area contributed by atoms with Crippen molar-refractivity contribution in [3.63, 3.8) is 0 Å². The summed E-state index contributed by atoms with van der Waals surface area (Å²) in [6.07, 6.45) is 2.01. The van der Waals surface area contributed by atoms with Crippen molar-refractivity contribution in [2.45, 2.75) is 52.1 Å². The van der Waals surface area contributed by atoms with Crippen molar-refractivity contribution in [1.82, 2.24) is 10.2 Å². The highest BCUT2D eigenvalue weighted by atomic mass is 79.9. The van der Waals surface area contributed by atoms with Crippen molar-refractivity contribution >= 4 is 43.5 Å². The molecule has 2 aromatic carbocycles. The van der Waals surface area contributed by atoms with E-state index < -0.39 is 34.1 Å². The molecule has 2 amide bonds. The van der Waals surface area contributed by atoms with Crippen LogP contribution in [0.3, 0.4) is 0 Å². The maximum Gasteiger partial charge on any atom is 0.244 e. The minimum absolute atomic E-state index is 0.261. The molecule has 2 aromatic rings. The maximum atomic E-state index is 13.6. The van der Waals surface area contributed by atoms with E-state index in [1.54, 1.807) is 24.3 Å². The summed E-state index contributed by atoms with van der Waals surface area (Å²) in [4.78, 5) is 28.2. The summed E-state index contributed by atoms with van der Waals surface area (Å²) in [5.41, 5.74) is 0.928. The second-order valence-electron chi connectivity index (χ2n) is 9.21. The molecule has 9 heteroatoms. The number of hydrogen-bond donors (Lipinski definition) is 1. The third-order valence-electron chi connectivity index (χ3n) is 5.17. The van der Waals surface area contributed by atoms with Gasteiger partial charge >= 0.3 is 0 Å². The largest absolute Gasteiger partial charge is 0.350 e. The third-order valence-corrected chi connectivity index (χ3v) is 6.97. The third kappa shape index (κ3) is 8.13. The Morgan fingerprint density at radius 1 is 1.03 bits per heavy atom. The molecule has 0 aliphatic carbocycles. The Bertz CT molecular complexity index is 1080. The van der Waals surface area contributed by atoms with Crippen LogP contribution in [0.5, 0.6) is 0 Å². The van der Waals surface area contributed by atoms with Crippen molar-refractivity contribution < 1.29 is 18.0 Å². The highest BCUT2D eigenvalue weighted by Crippen LogP contribution is 2.28.